The highest BCUT2D eigenvalue weighted by Gasteiger charge is 2.36. The number of para-hydroxylation sites is 2. The normalized spacial score (nSPS) is 15.0. The van der Waals surface area contributed by atoms with Crippen LogP contribution in [0.25, 0.3) is 0 Å². The SMILES string of the molecule is Cc1nc(COc2ccc(Cl)cc2)sc1C(=O)N1C[C@@H](C(=O)N(C)C)Oc2ccccc21. The van der Waals surface area contributed by atoms with Crippen LogP contribution in [0.2, 0.25) is 5.02 Å². The Labute approximate surface area is 195 Å². The molecular formula is C23H22ClN3O4S. The topological polar surface area (TPSA) is 72.0 Å². The first kappa shape index (κ1) is 22.1. The summed E-state index contributed by atoms with van der Waals surface area (Å²) in [6.07, 6.45) is -0.773. The number of benzene rings is 2. The third-order valence-electron chi connectivity index (χ3n) is 4.95. The maximum atomic E-state index is 13.5. The van der Waals surface area contributed by atoms with Crippen molar-refractivity contribution < 1.29 is 19.1 Å². The van der Waals surface area contributed by atoms with Crippen molar-refractivity contribution in [1.82, 2.24) is 9.88 Å². The molecule has 0 saturated heterocycles. The second kappa shape index (κ2) is 9.18. The number of aromatic nitrogens is 1. The van der Waals surface area contributed by atoms with Crippen molar-refractivity contribution in [1.29, 1.82) is 0 Å². The number of likely N-dealkylation sites (N-methyl/N-ethyl adjacent to an activating group) is 1. The number of carbonyl (C=O) groups excluding carboxylic acids is 2. The first-order valence-corrected chi connectivity index (χ1v) is 11.2. The molecule has 0 spiro atoms. The lowest BCUT2D eigenvalue weighted by Crippen LogP contribution is -2.50. The fourth-order valence-corrected chi connectivity index (χ4v) is 4.41. The van der Waals surface area contributed by atoms with Gasteiger partial charge in [0.05, 0.1) is 17.9 Å². The third-order valence-corrected chi connectivity index (χ3v) is 6.32. The first-order valence-electron chi connectivity index (χ1n) is 9.97. The molecule has 2 heterocycles. The molecule has 1 aliphatic rings. The highest BCUT2D eigenvalue weighted by atomic mass is 35.5. The van der Waals surface area contributed by atoms with Gasteiger partial charge >= 0.3 is 0 Å². The number of anilines is 1. The number of rotatable bonds is 5. The highest BCUT2D eigenvalue weighted by Crippen LogP contribution is 2.35. The van der Waals surface area contributed by atoms with E-state index in [0.717, 1.165) is 0 Å². The minimum Gasteiger partial charge on any atom is -0.486 e. The molecule has 2 amide bonds. The number of ether oxygens (including phenoxy) is 2. The molecule has 1 atom stereocenters. The van der Waals surface area contributed by atoms with Gasteiger partial charge in [-0.25, -0.2) is 4.98 Å². The Kier molecular flexibility index (Phi) is 6.34. The predicted octanol–water partition coefficient (Wildman–Crippen LogP) is 4.18. The van der Waals surface area contributed by atoms with Crippen LogP contribution < -0.4 is 14.4 Å². The van der Waals surface area contributed by atoms with Crippen LogP contribution in [0.5, 0.6) is 11.5 Å². The van der Waals surface area contributed by atoms with Gasteiger partial charge in [0.2, 0.25) is 0 Å². The van der Waals surface area contributed by atoms with Crippen LogP contribution in [0.1, 0.15) is 20.4 Å². The van der Waals surface area contributed by atoms with Crippen LogP contribution in [0.3, 0.4) is 0 Å². The number of hydrogen-bond acceptors (Lipinski definition) is 6. The zero-order valence-electron chi connectivity index (χ0n) is 17.9. The van der Waals surface area contributed by atoms with E-state index in [9.17, 15) is 9.59 Å². The number of carbonyl (C=O) groups is 2. The molecule has 0 bridgehead atoms. The van der Waals surface area contributed by atoms with E-state index in [1.165, 1.54) is 16.2 Å². The van der Waals surface area contributed by atoms with Crippen molar-refractivity contribution in [3.63, 3.8) is 0 Å². The van der Waals surface area contributed by atoms with Crippen LogP contribution in [0.15, 0.2) is 48.5 Å². The Balaban J connectivity index is 1.56. The van der Waals surface area contributed by atoms with Gasteiger partial charge in [0.25, 0.3) is 11.8 Å². The largest absolute Gasteiger partial charge is 0.486 e. The molecule has 0 fully saturated rings. The summed E-state index contributed by atoms with van der Waals surface area (Å²) in [6.45, 7) is 2.16. The standard InChI is InChI=1S/C23H22ClN3O4S/c1-14-21(32-20(25-14)13-30-16-10-8-15(24)9-11-16)23(29)27-12-19(22(28)26(2)3)31-18-7-5-4-6-17(18)27/h4-11,19H,12-13H2,1-3H3/t19-/m0/s1. The number of aryl methyl sites for hydroxylation is 1. The molecule has 0 N–H and O–H groups in total. The molecule has 9 heteroatoms. The lowest BCUT2D eigenvalue weighted by Gasteiger charge is -2.34. The molecule has 0 saturated carbocycles. The Morgan fingerprint density at radius 2 is 1.94 bits per heavy atom. The molecule has 2 aromatic carbocycles. The maximum absolute atomic E-state index is 13.5. The summed E-state index contributed by atoms with van der Waals surface area (Å²) in [5, 5.41) is 1.32. The van der Waals surface area contributed by atoms with Gasteiger partial charge in [0, 0.05) is 19.1 Å². The van der Waals surface area contributed by atoms with Gasteiger partial charge in [-0.1, -0.05) is 23.7 Å². The summed E-state index contributed by atoms with van der Waals surface area (Å²) in [5.41, 5.74) is 1.25. The minimum atomic E-state index is -0.773. The van der Waals surface area contributed by atoms with Crippen molar-refractivity contribution in [3.8, 4) is 11.5 Å². The van der Waals surface area contributed by atoms with Gasteiger partial charge in [0.15, 0.2) is 6.10 Å². The van der Waals surface area contributed by atoms with Crippen LogP contribution in [0, 0.1) is 6.92 Å². The average Bonchev–Trinajstić information content (AvgIpc) is 3.17. The third kappa shape index (κ3) is 4.56. The van der Waals surface area contributed by atoms with E-state index in [1.807, 2.05) is 18.2 Å². The minimum absolute atomic E-state index is 0.126. The number of amides is 2. The number of hydrogen-bond donors (Lipinski definition) is 0. The molecule has 4 rings (SSSR count). The molecule has 3 aromatic rings. The van der Waals surface area contributed by atoms with E-state index in [-0.39, 0.29) is 25.0 Å². The number of thiazole rings is 1. The van der Waals surface area contributed by atoms with Gasteiger partial charge in [-0.05, 0) is 43.3 Å². The summed E-state index contributed by atoms with van der Waals surface area (Å²) < 4.78 is 11.6. The molecule has 166 valence electrons. The van der Waals surface area contributed by atoms with Crippen LogP contribution >= 0.6 is 22.9 Å². The molecule has 0 radical (unpaired) electrons. The molecular weight excluding hydrogens is 450 g/mol. The Hall–Kier alpha value is -3.10. The number of halogens is 1. The second-order valence-corrected chi connectivity index (χ2v) is 9.01. The van der Waals surface area contributed by atoms with E-state index >= 15 is 0 Å². The lowest BCUT2D eigenvalue weighted by atomic mass is 10.1. The summed E-state index contributed by atoms with van der Waals surface area (Å²) in [6, 6.07) is 14.3. The first-order chi connectivity index (χ1) is 15.3. The Morgan fingerprint density at radius 1 is 1.22 bits per heavy atom. The predicted molar refractivity (Wildman–Crippen MR) is 124 cm³/mol. The van der Waals surface area contributed by atoms with Crippen LogP contribution in [0.4, 0.5) is 5.69 Å². The molecule has 0 unspecified atom stereocenters. The fourth-order valence-electron chi connectivity index (χ4n) is 3.35. The molecule has 0 aliphatic carbocycles. The molecule has 1 aliphatic heterocycles. The van der Waals surface area contributed by atoms with E-state index < -0.39 is 6.10 Å². The zero-order valence-corrected chi connectivity index (χ0v) is 19.4. The van der Waals surface area contributed by atoms with Crippen LogP contribution in [-0.4, -0.2) is 48.4 Å². The van der Waals surface area contributed by atoms with Crippen molar-refractivity contribution in [2.45, 2.75) is 19.6 Å². The van der Waals surface area contributed by atoms with Crippen molar-refractivity contribution in [2.75, 3.05) is 25.5 Å². The lowest BCUT2D eigenvalue weighted by molar-refractivity contribution is -0.135. The average molecular weight is 472 g/mol. The van der Waals surface area contributed by atoms with E-state index in [4.69, 9.17) is 21.1 Å². The summed E-state index contributed by atoms with van der Waals surface area (Å²) >= 11 is 7.19. The quantitative estimate of drug-likeness (QED) is 0.558. The van der Waals surface area contributed by atoms with Gasteiger partial charge in [-0.3, -0.25) is 14.5 Å². The molecule has 1 aromatic heterocycles. The van der Waals surface area contributed by atoms with E-state index in [1.54, 1.807) is 56.3 Å². The van der Waals surface area contributed by atoms with Crippen LogP contribution in [-0.2, 0) is 11.4 Å². The number of nitrogens with zero attached hydrogens (tertiary/aromatic N) is 3. The van der Waals surface area contributed by atoms with Crippen molar-refractivity contribution in [2.24, 2.45) is 0 Å². The van der Waals surface area contributed by atoms with Crippen molar-refractivity contribution in [3.05, 3.63) is 69.1 Å². The Bertz CT molecular complexity index is 1150. The number of fused-ring (bicyclic) bond motifs is 1. The maximum Gasteiger partial charge on any atom is 0.270 e. The van der Waals surface area contributed by atoms with Gasteiger partial charge in [-0.15, -0.1) is 11.3 Å². The monoisotopic (exact) mass is 471 g/mol. The molecule has 32 heavy (non-hydrogen) atoms. The second-order valence-electron chi connectivity index (χ2n) is 7.49. The van der Waals surface area contributed by atoms with E-state index in [0.29, 0.717) is 37.8 Å². The zero-order chi connectivity index (χ0) is 22.8. The smallest absolute Gasteiger partial charge is 0.270 e. The van der Waals surface area contributed by atoms with Crippen molar-refractivity contribution >= 4 is 40.4 Å². The summed E-state index contributed by atoms with van der Waals surface area (Å²) in [5.74, 6) is 0.753. The van der Waals surface area contributed by atoms with Gasteiger partial charge < -0.3 is 14.4 Å². The summed E-state index contributed by atoms with van der Waals surface area (Å²) in [4.78, 5) is 34.1. The molecule has 7 nitrogen and oxygen atoms in total. The fraction of sp³-hybridized carbons (Fsp3) is 0.261. The Morgan fingerprint density at radius 3 is 2.66 bits per heavy atom. The van der Waals surface area contributed by atoms with E-state index in [2.05, 4.69) is 4.98 Å². The highest BCUT2D eigenvalue weighted by molar-refractivity contribution is 7.13. The summed E-state index contributed by atoms with van der Waals surface area (Å²) in [7, 11) is 3.33. The van der Waals surface area contributed by atoms with Gasteiger partial charge in [0.1, 0.15) is 28.0 Å². The van der Waals surface area contributed by atoms with Gasteiger partial charge in [-0.2, -0.15) is 0 Å².